The lowest BCUT2D eigenvalue weighted by molar-refractivity contribution is 0.0824. The molecule has 1 atom stereocenters. The number of benzene rings is 1. The zero-order valence-corrected chi connectivity index (χ0v) is 18.1. The molecule has 3 N–H and O–H groups in total. The van der Waals surface area contributed by atoms with Gasteiger partial charge in [0.1, 0.15) is 0 Å². The van der Waals surface area contributed by atoms with Crippen LogP contribution in [0.1, 0.15) is 68.6 Å². The SMILES string of the molecule is C=C1C(Nc2cccc(C(=O)N(C)C)c2O)=C(NC2CCCCCC2)C1CCC. The molecular weight excluding hydrogens is 362 g/mol. The number of amides is 1. The molecule has 29 heavy (non-hydrogen) atoms. The van der Waals surface area contributed by atoms with Crippen molar-refractivity contribution < 1.29 is 9.90 Å². The first-order valence-corrected chi connectivity index (χ1v) is 10.9. The fourth-order valence-electron chi connectivity index (χ4n) is 4.38. The Morgan fingerprint density at radius 1 is 1.21 bits per heavy atom. The number of anilines is 1. The molecule has 5 nitrogen and oxygen atoms in total. The van der Waals surface area contributed by atoms with Crippen LogP contribution in [-0.2, 0) is 0 Å². The molecule has 1 unspecified atom stereocenters. The van der Waals surface area contributed by atoms with Gasteiger partial charge in [-0.1, -0.05) is 51.7 Å². The van der Waals surface area contributed by atoms with E-state index in [1.807, 2.05) is 0 Å². The van der Waals surface area contributed by atoms with Crippen molar-refractivity contribution in [3.63, 3.8) is 0 Å². The van der Waals surface area contributed by atoms with Crippen LogP contribution in [0.5, 0.6) is 5.75 Å². The third-order valence-corrected chi connectivity index (χ3v) is 6.08. The second kappa shape index (κ2) is 9.38. The Morgan fingerprint density at radius 3 is 2.52 bits per heavy atom. The minimum absolute atomic E-state index is 0.0146. The summed E-state index contributed by atoms with van der Waals surface area (Å²) in [6.07, 6.45) is 9.81. The van der Waals surface area contributed by atoms with Gasteiger partial charge in [-0.25, -0.2) is 0 Å². The van der Waals surface area contributed by atoms with Gasteiger partial charge in [0.2, 0.25) is 0 Å². The number of nitrogens with zero attached hydrogens (tertiary/aromatic N) is 1. The number of nitrogens with one attached hydrogen (secondary N) is 2. The third kappa shape index (κ3) is 4.60. The van der Waals surface area contributed by atoms with Crippen molar-refractivity contribution in [1.29, 1.82) is 0 Å². The van der Waals surface area contributed by atoms with Crippen LogP contribution in [-0.4, -0.2) is 36.1 Å². The van der Waals surface area contributed by atoms with Crippen molar-refractivity contribution in [2.75, 3.05) is 19.4 Å². The maximum absolute atomic E-state index is 12.3. The highest BCUT2D eigenvalue weighted by molar-refractivity contribution is 5.98. The van der Waals surface area contributed by atoms with E-state index in [0.717, 1.165) is 24.1 Å². The standard InChI is InChI=1S/C24H35N3O2/c1-5-11-18-16(2)21(22(18)25-17-12-8-6-7-9-13-17)26-20-15-10-14-19(23(20)28)24(29)27(3)4/h10,14-15,17-18,25-26,28H,2,5-9,11-13H2,1,3-4H3. The van der Waals surface area contributed by atoms with Crippen molar-refractivity contribution in [2.24, 2.45) is 5.92 Å². The summed E-state index contributed by atoms with van der Waals surface area (Å²) in [4.78, 5) is 13.8. The van der Waals surface area contributed by atoms with Gasteiger partial charge < -0.3 is 20.6 Å². The first-order valence-electron chi connectivity index (χ1n) is 10.9. The van der Waals surface area contributed by atoms with E-state index in [4.69, 9.17) is 0 Å². The summed E-state index contributed by atoms with van der Waals surface area (Å²) in [5.74, 6) is 0.118. The minimum Gasteiger partial charge on any atom is -0.505 e. The van der Waals surface area contributed by atoms with Crippen molar-refractivity contribution in [3.8, 4) is 5.75 Å². The molecule has 1 aromatic rings. The first kappa shape index (κ1) is 21.3. The number of carbonyl (C=O) groups excluding carboxylic acids is 1. The lowest BCUT2D eigenvalue weighted by Crippen LogP contribution is -2.40. The molecule has 3 rings (SSSR count). The number of allylic oxidation sites excluding steroid dienone is 2. The summed E-state index contributed by atoms with van der Waals surface area (Å²) < 4.78 is 0. The smallest absolute Gasteiger partial charge is 0.257 e. The molecule has 0 aliphatic heterocycles. The third-order valence-electron chi connectivity index (χ3n) is 6.08. The molecule has 0 saturated heterocycles. The lowest BCUT2D eigenvalue weighted by Gasteiger charge is -2.39. The van der Waals surface area contributed by atoms with E-state index >= 15 is 0 Å². The molecule has 158 valence electrons. The second-order valence-corrected chi connectivity index (χ2v) is 8.51. The van der Waals surface area contributed by atoms with Crippen LogP contribution >= 0.6 is 0 Å². The lowest BCUT2D eigenvalue weighted by atomic mass is 9.78. The highest BCUT2D eigenvalue weighted by Crippen LogP contribution is 2.43. The highest BCUT2D eigenvalue weighted by atomic mass is 16.3. The van der Waals surface area contributed by atoms with Crippen LogP contribution in [0.25, 0.3) is 0 Å². The molecule has 1 fully saturated rings. The molecule has 5 heteroatoms. The summed E-state index contributed by atoms with van der Waals surface area (Å²) in [6, 6.07) is 5.76. The fraction of sp³-hybridized carbons (Fsp3) is 0.542. The normalized spacial score (nSPS) is 20.1. The van der Waals surface area contributed by atoms with Crippen LogP contribution < -0.4 is 10.6 Å². The predicted octanol–water partition coefficient (Wildman–Crippen LogP) is 5.02. The highest BCUT2D eigenvalue weighted by Gasteiger charge is 2.35. The molecule has 0 radical (unpaired) electrons. The number of phenolic OH excluding ortho intramolecular Hbond substituents is 1. The summed E-state index contributed by atoms with van der Waals surface area (Å²) in [5.41, 5.74) is 4.11. The van der Waals surface area contributed by atoms with Gasteiger partial charge >= 0.3 is 0 Å². The molecule has 1 amide bonds. The molecular formula is C24H35N3O2. The fourth-order valence-corrected chi connectivity index (χ4v) is 4.38. The summed E-state index contributed by atoms with van der Waals surface area (Å²) in [5, 5.41) is 17.9. The molecule has 2 aliphatic carbocycles. The van der Waals surface area contributed by atoms with Gasteiger partial charge in [-0.05, 0) is 37.0 Å². The largest absolute Gasteiger partial charge is 0.505 e. The first-order chi connectivity index (χ1) is 13.9. The van der Waals surface area contributed by atoms with Crippen molar-refractivity contribution in [2.45, 2.75) is 64.3 Å². The number of hydrogen-bond acceptors (Lipinski definition) is 4. The van der Waals surface area contributed by atoms with Gasteiger partial charge in [0.25, 0.3) is 5.91 Å². The van der Waals surface area contributed by atoms with Crippen LogP contribution in [0.4, 0.5) is 5.69 Å². The molecule has 0 bridgehead atoms. The number of aromatic hydroxyl groups is 1. The second-order valence-electron chi connectivity index (χ2n) is 8.51. The zero-order chi connectivity index (χ0) is 21.0. The Kier molecular flexibility index (Phi) is 6.88. The van der Waals surface area contributed by atoms with E-state index in [2.05, 4.69) is 24.1 Å². The number of phenols is 1. The van der Waals surface area contributed by atoms with Crippen molar-refractivity contribution in [3.05, 3.63) is 47.3 Å². The average Bonchev–Trinajstić information content (AvgIpc) is 2.98. The number of carbonyl (C=O) groups is 1. The number of hydrogen-bond donors (Lipinski definition) is 3. The van der Waals surface area contributed by atoms with Crippen molar-refractivity contribution in [1.82, 2.24) is 10.2 Å². The van der Waals surface area contributed by atoms with Crippen LogP contribution in [0, 0.1) is 5.92 Å². The topological polar surface area (TPSA) is 64.6 Å². The van der Waals surface area contributed by atoms with Crippen molar-refractivity contribution >= 4 is 11.6 Å². The van der Waals surface area contributed by atoms with Gasteiger partial charge in [-0.3, -0.25) is 4.79 Å². The van der Waals surface area contributed by atoms with Crippen LogP contribution in [0.2, 0.25) is 0 Å². The van der Waals surface area contributed by atoms with Gasteiger partial charge in [0, 0.05) is 31.8 Å². The monoisotopic (exact) mass is 397 g/mol. The van der Waals surface area contributed by atoms with E-state index in [1.165, 1.54) is 49.1 Å². The Labute approximate surface area is 174 Å². The van der Waals surface area contributed by atoms with E-state index in [0.29, 0.717) is 23.2 Å². The maximum atomic E-state index is 12.3. The molecule has 2 aliphatic rings. The van der Waals surface area contributed by atoms with E-state index < -0.39 is 0 Å². The minimum atomic E-state index is -0.215. The maximum Gasteiger partial charge on any atom is 0.257 e. The average molecular weight is 398 g/mol. The predicted molar refractivity (Wildman–Crippen MR) is 119 cm³/mol. The molecule has 1 saturated carbocycles. The number of para-hydroxylation sites is 1. The Morgan fingerprint density at radius 2 is 1.90 bits per heavy atom. The summed E-state index contributed by atoms with van der Waals surface area (Å²) in [6.45, 7) is 6.50. The van der Waals surface area contributed by atoms with Crippen LogP contribution in [0.15, 0.2) is 41.7 Å². The Balaban J connectivity index is 1.86. The Hall–Kier alpha value is -2.43. The van der Waals surface area contributed by atoms with E-state index in [9.17, 15) is 9.90 Å². The van der Waals surface area contributed by atoms with E-state index in [-0.39, 0.29) is 11.7 Å². The molecule has 0 aromatic heterocycles. The zero-order valence-electron chi connectivity index (χ0n) is 18.1. The molecule has 0 heterocycles. The molecule has 1 aromatic carbocycles. The molecule has 0 spiro atoms. The van der Waals surface area contributed by atoms with E-state index in [1.54, 1.807) is 32.3 Å². The van der Waals surface area contributed by atoms with Crippen LogP contribution in [0.3, 0.4) is 0 Å². The number of rotatable bonds is 7. The van der Waals surface area contributed by atoms with Gasteiger partial charge in [-0.2, -0.15) is 0 Å². The van der Waals surface area contributed by atoms with Gasteiger partial charge in [0.15, 0.2) is 5.75 Å². The van der Waals surface area contributed by atoms with Gasteiger partial charge in [0.05, 0.1) is 16.9 Å². The summed E-state index contributed by atoms with van der Waals surface area (Å²) in [7, 11) is 3.37. The summed E-state index contributed by atoms with van der Waals surface area (Å²) >= 11 is 0. The quantitative estimate of drug-likeness (QED) is 0.447. The Bertz CT molecular complexity index is 789. The van der Waals surface area contributed by atoms with Gasteiger partial charge in [-0.15, -0.1) is 0 Å².